The minimum Gasteiger partial charge on any atom is -0.179 e. The van der Waals surface area contributed by atoms with Crippen molar-refractivity contribution in [2.24, 2.45) is 5.92 Å². The van der Waals surface area contributed by atoms with Gasteiger partial charge in [0.05, 0.1) is 0 Å². The molecule has 1 rings (SSSR count). The number of unbranched alkanes of at least 4 members (excludes halogenated alkanes) is 3. The van der Waals surface area contributed by atoms with Crippen LogP contribution in [0.5, 0.6) is 0 Å². The van der Waals surface area contributed by atoms with Crippen molar-refractivity contribution in [3.8, 4) is 0 Å². The Morgan fingerprint density at radius 3 is 2.25 bits per heavy atom. The topological polar surface area (TPSA) is 0 Å². The first kappa shape index (κ1) is 9.91. The average molecular weight is 182 g/mol. The molecule has 0 bridgehead atoms. The van der Waals surface area contributed by atoms with Crippen LogP contribution in [0.15, 0.2) is 24.3 Å². The lowest BCUT2D eigenvalue weighted by molar-refractivity contribution is 0.595. The van der Waals surface area contributed by atoms with E-state index in [1.54, 1.807) is 0 Å². The zero-order valence-corrected chi connectivity index (χ0v) is 8.47. The first-order valence-electron chi connectivity index (χ1n) is 4.89. The smallest absolute Gasteiger partial charge is 0.00473 e. The summed E-state index contributed by atoms with van der Waals surface area (Å²) in [5.74, 6) is 1.78. The van der Waals surface area contributed by atoms with Gasteiger partial charge >= 0.3 is 0 Å². The third kappa shape index (κ3) is 4.01. The quantitative estimate of drug-likeness (QED) is 0.471. The van der Waals surface area contributed by atoms with Crippen LogP contribution in [0, 0.1) is 5.92 Å². The van der Waals surface area contributed by atoms with Gasteiger partial charge in [-0.15, -0.1) is 0 Å². The summed E-state index contributed by atoms with van der Waals surface area (Å²) in [5, 5.41) is 0. The summed E-state index contributed by atoms with van der Waals surface area (Å²) in [5.41, 5.74) is 0. The van der Waals surface area contributed by atoms with Crippen LogP contribution in [-0.4, -0.2) is 5.75 Å². The molecular formula is C11H18S. The monoisotopic (exact) mass is 182 g/mol. The van der Waals surface area contributed by atoms with Crippen molar-refractivity contribution in [2.45, 2.75) is 32.1 Å². The van der Waals surface area contributed by atoms with E-state index in [1.165, 1.54) is 32.1 Å². The van der Waals surface area contributed by atoms with Crippen molar-refractivity contribution in [1.82, 2.24) is 0 Å². The van der Waals surface area contributed by atoms with Crippen molar-refractivity contribution in [1.29, 1.82) is 0 Å². The Kier molecular flexibility index (Phi) is 5.25. The highest BCUT2D eigenvalue weighted by Gasteiger charge is 2.01. The molecule has 0 atom stereocenters. The summed E-state index contributed by atoms with van der Waals surface area (Å²) in [6.45, 7) is 0. The molecule has 12 heavy (non-hydrogen) atoms. The number of rotatable bonds is 6. The molecule has 0 heterocycles. The SMILES string of the molecule is SCCCCCCC1C=CC=C1. The standard InChI is InChI=1S/C11H18S/c12-10-6-2-1-3-7-11-8-4-5-9-11/h4-5,8-9,11-12H,1-3,6-7,10H2. The largest absolute Gasteiger partial charge is 0.179 e. The highest BCUT2D eigenvalue weighted by molar-refractivity contribution is 7.80. The van der Waals surface area contributed by atoms with E-state index in [4.69, 9.17) is 0 Å². The van der Waals surface area contributed by atoms with E-state index in [-0.39, 0.29) is 0 Å². The Hall–Kier alpha value is -0.170. The molecule has 0 spiro atoms. The molecule has 0 saturated carbocycles. The molecule has 0 aromatic heterocycles. The fraction of sp³-hybridized carbons (Fsp3) is 0.636. The second-order valence-corrected chi connectivity index (χ2v) is 3.81. The molecule has 1 aliphatic rings. The molecule has 0 aromatic rings. The van der Waals surface area contributed by atoms with Crippen molar-refractivity contribution < 1.29 is 0 Å². The molecule has 0 aliphatic heterocycles. The fourth-order valence-corrected chi connectivity index (χ4v) is 1.74. The molecule has 0 nitrogen and oxygen atoms in total. The molecule has 0 aromatic carbocycles. The zero-order valence-electron chi connectivity index (χ0n) is 7.58. The molecule has 0 radical (unpaired) electrons. The second kappa shape index (κ2) is 6.36. The van der Waals surface area contributed by atoms with Gasteiger partial charge in [-0.25, -0.2) is 0 Å². The number of hydrogen-bond donors (Lipinski definition) is 1. The third-order valence-corrected chi connectivity index (χ3v) is 2.59. The zero-order chi connectivity index (χ0) is 8.65. The van der Waals surface area contributed by atoms with Crippen LogP contribution in [-0.2, 0) is 0 Å². The maximum Gasteiger partial charge on any atom is -0.00473 e. The molecule has 0 fully saturated rings. The van der Waals surface area contributed by atoms with E-state index in [0.29, 0.717) is 0 Å². The molecule has 1 heteroatoms. The van der Waals surface area contributed by atoms with Crippen LogP contribution in [0.1, 0.15) is 32.1 Å². The van der Waals surface area contributed by atoms with Crippen molar-refractivity contribution in [2.75, 3.05) is 5.75 Å². The van der Waals surface area contributed by atoms with E-state index in [9.17, 15) is 0 Å². The Labute approximate surface area is 81.2 Å². The number of thiol groups is 1. The lowest BCUT2D eigenvalue weighted by Crippen LogP contribution is -1.89. The summed E-state index contributed by atoms with van der Waals surface area (Å²) in [7, 11) is 0. The molecule has 1 aliphatic carbocycles. The number of hydrogen-bond acceptors (Lipinski definition) is 1. The summed E-state index contributed by atoms with van der Waals surface area (Å²) >= 11 is 4.19. The fourth-order valence-electron chi connectivity index (χ4n) is 1.52. The second-order valence-electron chi connectivity index (χ2n) is 3.36. The summed E-state index contributed by atoms with van der Waals surface area (Å²) < 4.78 is 0. The van der Waals surface area contributed by atoms with Crippen LogP contribution >= 0.6 is 12.6 Å². The van der Waals surface area contributed by atoms with Gasteiger partial charge in [-0.1, -0.05) is 43.6 Å². The first-order chi connectivity index (χ1) is 5.93. The predicted molar refractivity (Wildman–Crippen MR) is 58.7 cm³/mol. The lowest BCUT2D eigenvalue weighted by atomic mass is 10.0. The van der Waals surface area contributed by atoms with Gasteiger partial charge in [0.25, 0.3) is 0 Å². The van der Waals surface area contributed by atoms with Crippen molar-refractivity contribution in [3.63, 3.8) is 0 Å². The summed E-state index contributed by atoms with van der Waals surface area (Å²) in [4.78, 5) is 0. The van der Waals surface area contributed by atoms with Crippen molar-refractivity contribution >= 4 is 12.6 Å². The van der Waals surface area contributed by atoms with Crippen LogP contribution in [0.3, 0.4) is 0 Å². The number of allylic oxidation sites excluding steroid dienone is 4. The van der Waals surface area contributed by atoms with Gasteiger partial charge in [0.1, 0.15) is 0 Å². The van der Waals surface area contributed by atoms with E-state index >= 15 is 0 Å². The van der Waals surface area contributed by atoms with Crippen LogP contribution in [0.25, 0.3) is 0 Å². The Balaban J connectivity index is 1.89. The Morgan fingerprint density at radius 2 is 1.58 bits per heavy atom. The van der Waals surface area contributed by atoms with E-state index in [2.05, 4.69) is 36.9 Å². The van der Waals surface area contributed by atoms with Crippen LogP contribution in [0.2, 0.25) is 0 Å². The lowest BCUT2D eigenvalue weighted by Gasteiger charge is -2.03. The van der Waals surface area contributed by atoms with Gasteiger partial charge in [0.15, 0.2) is 0 Å². The van der Waals surface area contributed by atoms with E-state index in [0.717, 1.165) is 11.7 Å². The molecule has 0 unspecified atom stereocenters. The Bertz CT molecular complexity index is 146. The molecule has 68 valence electrons. The van der Waals surface area contributed by atoms with Gasteiger partial charge in [-0.05, 0) is 24.5 Å². The van der Waals surface area contributed by atoms with Gasteiger partial charge in [-0.3, -0.25) is 0 Å². The minimum absolute atomic E-state index is 0.737. The van der Waals surface area contributed by atoms with Crippen molar-refractivity contribution in [3.05, 3.63) is 24.3 Å². The molecular weight excluding hydrogens is 164 g/mol. The normalized spacial score (nSPS) is 16.1. The van der Waals surface area contributed by atoms with E-state index in [1.807, 2.05) is 0 Å². The van der Waals surface area contributed by atoms with Gasteiger partial charge in [-0.2, -0.15) is 12.6 Å². The average Bonchev–Trinajstić information content (AvgIpc) is 2.57. The highest BCUT2D eigenvalue weighted by atomic mass is 32.1. The van der Waals surface area contributed by atoms with E-state index < -0.39 is 0 Å². The maximum atomic E-state index is 4.19. The van der Waals surface area contributed by atoms with Crippen LogP contribution < -0.4 is 0 Å². The predicted octanol–water partition coefficient (Wildman–Crippen LogP) is 3.61. The minimum atomic E-state index is 0.737. The summed E-state index contributed by atoms with van der Waals surface area (Å²) in [6.07, 6.45) is 15.6. The highest BCUT2D eigenvalue weighted by Crippen LogP contribution is 2.17. The van der Waals surface area contributed by atoms with Crippen LogP contribution in [0.4, 0.5) is 0 Å². The summed E-state index contributed by atoms with van der Waals surface area (Å²) in [6, 6.07) is 0. The molecule has 0 saturated heterocycles. The maximum absolute atomic E-state index is 4.19. The first-order valence-corrected chi connectivity index (χ1v) is 5.52. The van der Waals surface area contributed by atoms with Gasteiger partial charge in [0.2, 0.25) is 0 Å². The molecule has 0 amide bonds. The molecule has 0 N–H and O–H groups in total. The Morgan fingerprint density at radius 1 is 0.917 bits per heavy atom. The van der Waals surface area contributed by atoms with Gasteiger partial charge in [0, 0.05) is 0 Å². The van der Waals surface area contributed by atoms with Gasteiger partial charge < -0.3 is 0 Å². The third-order valence-electron chi connectivity index (χ3n) is 2.27.